The Morgan fingerprint density at radius 3 is 1.68 bits per heavy atom. The van der Waals surface area contributed by atoms with Crippen LogP contribution in [0, 0.1) is 13.8 Å². The van der Waals surface area contributed by atoms with E-state index < -0.39 is 7.92 Å². The number of benzene rings is 3. The standard InChI is InChI=1S/C20H20GeP/c1-15-13-14-19(20(21)16(15)2)22(17-9-5-3-6-10-17)18-11-7-4-8-12-18/h3-14H,21H2,1-2H3. The van der Waals surface area contributed by atoms with E-state index in [1.165, 1.54) is 43.6 Å². The van der Waals surface area contributed by atoms with Crippen molar-refractivity contribution in [3.63, 3.8) is 0 Å². The van der Waals surface area contributed by atoms with Gasteiger partial charge in [-0.25, -0.2) is 0 Å². The van der Waals surface area contributed by atoms with Crippen LogP contribution in [0.4, 0.5) is 0 Å². The van der Waals surface area contributed by atoms with Crippen molar-refractivity contribution in [3.05, 3.63) is 83.9 Å². The first-order valence-corrected chi connectivity index (χ1v) is 10.3. The molecule has 22 heavy (non-hydrogen) atoms. The van der Waals surface area contributed by atoms with E-state index in [-0.39, 0.29) is 0 Å². The van der Waals surface area contributed by atoms with Crippen molar-refractivity contribution in [2.45, 2.75) is 13.8 Å². The average molecular weight is 364 g/mol. The van der Waals surface area contributed by atoms with Crippen molar-refractivity contribution in [2.75, 3.05) is 0 Å². The summed E-state index contributed by atoms with van der Waals surface area (Å²) in [5.74, 6) is 0. The molecular weight excluding hydrogens is 344 g/mol. The molecule has 0 saturated heterocycles. The summed E-state index contributed by atoms with van der Waals surface area (Å²) in [6, 6.07) is 26.5. The molecule has 0 saturated carbocycles. The summed E-state index contributed by atoms with van der Waals surface area (Å²) in [7, 11) is -0.464. The van der Waals surface area contributed by atoms with Gasteiger partial charge in [0.05, 0.1) is 0 Å². The van der Waals surface area contributed by atoms with Gasteiger partial charge in [0.25, 0.3) is 0 Å². The van der Waals surface area contributed by atoms with Gasteiger partial charge in [-0.05, 0) is 0 Å². The Hall–Kier alpha value is -1.37. The summed E-state index contributed by atoms with van der Waals surface area (Å²) in [5.41, 5.74) is 2.87. The second kappa shape index (κ2) is 6.81. The Kier molecular flexibility index (Phi) is 4.81. The summed E-state index contributed by atoms with van der Waals surface area (Å²) in [6.07, 6.45) is 0. The van der Waals surface area contributed by atoms with E-state index in [1.54, 1.807) is 4.40 Å². The first-order valence-electron chi connectivity index (χ1n) is 7.51. The third-order valence-corrected chi connectivity index (χ3v) is 9.18. The molecule has 1 radical (unpaired) electrons. The fourth-order valence-electron chi connectivity index (χ4n) is 2.65. The quantitative estimate of drug-likeness (QED) is 0.495. The van der Waals surface area contributed by atoms with E-state index in [1.807, 2.05) is 0 Å². The minimum atomic E-state index is -0.464. The third kappa shape index (κ3) is 3.04. The zero-order valence-corrected chi connectivity index (χ0v) is 16.9. The molecule has 0 nitrogen and oxygen atoms in total. The first kappa shape index (κ1) is 15.5. The average Bonchev–Trinajstić information content (AvgIpc) is 2.57. The van der Waals surface area contributed by atoms with Crippen LogP contribution in [0.5, 0.6) is 0 Å². The Labute approximate surface area is 142 Å². The molecule has 0 heterocycles. The van der Waals surface area contributed by atoms with Crippen LogP contribution in [-0.2, 0) is 0 Å². The molecule has 0 aliphatic heterocycles. The number of hydrogen-bond acceptors (Lipinski definition) is 0. The zero-order valence-electron chi connectivity index (χ0n) is 13.1. The van der Waals surface area contributed by atoms with E-state index >= 15 is 0 Å². The van der Waals surface area contributed by atoms with Crippen LogP contribution in [0.15, 0.2) is 72.8 Å². The molecule has 3 rings (SSSR count). The van der Waals surface area contributed by atoms with Gasteiger partial charge in [-0.2, -0.15) is 0 Å². The van der Waals surface area contributed by atoms with Crippen LogP contribution in [-0.4, -0.2) is 16.5 Å². The SMILES string of the molecule is Cc1ccc(P(c2ccccc2)c2ccccc2)[c]([GeH2])c1C. The van der Waals surface area contributed by atoms with E-state index in [0.717, 1.165) is 0 Å². The molecule has 0 atom stereocenters. The van der Waals surface area contributed by atoms with Crippen LogP contribution < -0.4 is 20.3 Å². The first-order chi connectivity index (χ1) is 10.7. The molecule has 0 aliphatic carbocycles. The molecule has 0 aliphatic rings. The molecular formula is C20H20GeP. The molecule has 2 heteroatoms. The predicted octanol–water partition coefficient (Wildman–Crippen LogP) is 2.32. The van der Waals surface area contributed by atoms with E-state index in [0.29, 0.717) is 0 Å². The predicted molar refractivity (Wildman–Crippen MR) is 103 cm³/mol. The van der Waals surface area contributed by atoms with E-state index in [2.05, 4.69) is 86.6 Å². The normalized spacial score (nSPS) is 10.9. The van der Waals surface area contributed by atoms with Gasteiger partial charge in [0.15, 0.2) is 0 Å². The molecule has 109 valence electrons. The van der Waals surface area contributed by atoms with Crippen molar-refractivity contribution in [3.8, 4) is 0 Å². The summed E-state index contributed by atoms with van der Waals surface area (Å²) in [5, 5.41) is 4.39. The van der Waals surface area contributed by atoms with Crippen molar-refractivity contribution in [1.29, 1.82) is 0 Å². The Morgan fingerprint density at radius 2 is 1.18 bits per heavy atom. The van der Waals surface area contributed by atoms with Gasteiger partial charge in [-0.15, -0.1) is 0 Å². The summed E-state index contributed by atoms with van der Waals surface area (Å²) >= 11 is 1.21. The van der Waals surface area contributed by atoms with Crippen LogP contribution in [0.25, 0.3) is 0 Å². The number of aryl methyl sites for hydroxylation is 1. The van der Waals surface area contributed by atoms with Gasteiger partial charge in [-0.3, -0.25) is 0 Å². The van der Waals surface area contributed by atoms with Gasteiger partial charge in [0, 0.05) is 0 Å². The monoisotopic (exact) mass is 365 g/mol. The van der Waals surface area contributed by atoms with Gasteiger partial charge in [0.1, 0.15) is 0 Å². The van der Waals surface area contributed by atoms with Gasteiger partial charge in [0.2, 0.25) is 0 Å². The number of hydrogen-bond donors (Lipinski definition) is 0. The molecule has 3 aromatic rings. The second-order valence-corrected chi connectivity index (χ2v) is 9.18. The zero-order chi connectivity index (χ0) is 15.5. The van der Waals surface area contributed by atoms with Crippen molar-refractivity contribution < 1.29 is 0 Å². The molecule has 0 fully saturated rings. The Bertz CT molecular complexity index is 727. The molecule has 0 aromatic heterocycles. The van der Waals surface area contributed by atoms with Crippen LogP contribution in [0.1, 0.15) is 11.1 Å². The van der Waals surface area contributed by atoms with Crippen molar-refractivity contribution in [2.24, 2.45) is 0 Å². The number of rotatable bonds is 3. The molecule has 0 N–H and O–H groups in total. The summed E-state index contributed by atoms with van der Waals surface area (Å²) in [4.78, 5) is 0. The summed E-state index contributed by atoms with van der Waals surface area (Å²) in [6.45, 7) is 4.48. The van der Waals surface area contributed by atoms with Crippen LogP contribution >= 0.6 is 7.92 Å². The van der Waals surface area contributed by atoms with Crippen molar-refractivity contribution in [1.82, 2.24) is 0 Å². The van der Waals surface area contributed by atoms with Crippen LogP contribution in [0.3, 0.4) is 0 Å². The summed E-state index contributed by atoms with van der Waals surface area (Å²) < 4.78 is 1.55. The second-order valence-electron chi connectivity index (χ2n) is 5.51. The third-order valence-electron chi connectivity index (χ3n) is 4.11. The van der Waals surface area contributed by atoms with Gasteiger partial charge in [-0.1, -0.05) is 0 Å². The molecule has 0 unspecified atom stereocenters. The Balaban J connectivity index is 2.21. The fourth-order valence-corrected chi connectivity index (χ4v) is 6.93. The van der Waals surface area contributed by atoms with Gasteiger partial charge < -0.3 is 0 Å². The van der Waals surface area contributed by atoms with Gasteiger partial charge >= 0.3 is 143 Å². The maximum absolute atomic E-state index is 2.35. The Morgan fingerprint density at radius 1 is 0.682 bits per heavy atom. The topological polar surface area (TPSA) is 0 Å². The fraction of sp³-hybridized carbons (Fsp3) is 0.100. The van der Waals surface area contributed by atoms with Crippen LogP contribution in [0.2, 0.25) is 0 Å². The molecule has 3 aromatic carbocycles. The molecule has 0 bridgehead atoms. The minimum absolute atomic E-state index is 0.464. The maximum atomic E-state index is 2.35. The van der Waals surface area contributed by atoms with E-state index in [9.17, 15) is 0 Å². The van der Waals surface area contributed by atoms with E-state index in [4.69, 9.17) is 0 Å². The van der Waals surface area contributed by atoms with Crippen molar-refractivity contribution >= 4 is 44.7 Å². The molecule has 0 spiro atoms. The molecule has 0 amide bonds.